The second-order valence-corrected chi connectivity index (χ2v) is 8.02. The third kappa shape index (κ3) is 5.55. The summed E-state index contributed by atoms with van der Waals surface area (Å²) >= 11 is 13.7. The summed E-state index contributed by atoms with van der Waals surface area (Å²) in [6.07, 6.45) is 2.53. The molecule has 0 bridgehead atoms. The fraction of sp³-hybridized carbons (Fsp3) is 0.150. The van der Waals surface area contributed by atoms with Gasteiger partial charge in [0.25, 0.3) is 0 Å². The summed E-state index contributed by atoms with van der Waals surface area (Å²) in [7, 11) is 0. The van der Waals surface area contributed by atoms with Crippen LogP contribution in [0.5, 0.6) is 0 Å². The Balaban J connectivity index is 1.58. The lowest BCUT2D eigenvalue weighted by Gasteiger charge is -2.05. The number of thiazole rings is 1. The molecule has 1 heterocycles. The fourth-order valence-electron chi connectivity index (χ4n) is 2.58. The highest BCUT2D eigenvalue weighted by Crippen LogP contribution is 2.29. The molecule has 5 nitrogen and oxygen atoms in total. The van der Waals surface area contributed by atoms with E-state index in [0.717, 1.165) is 16.0 Å². The first-order chi connectivity index (χ1) is 13.4. The Morgan fingerprint density at radius 1 is 1.07 bits per heavy atom. The largest absolute Gasteiger partial charge is 0.326 e. The summed E-state index contributed by atoms with van der Waals surface area (Å²) in [5, 5.41) is 7.08. The number of halogens is 2. The van der Waals surface area contributed by atoms with Gasteiger partial charge in [0, 0.05) is 30.1 Å². The topological polar surface area (TPSA) is 71.1 Å². The SMILES string of the molecule is CC(=O)Nc1ccc(CC(=O)Nc2ncc(Cc3cccc(Cl)c3Cl)s2)cc1. The number of rotatable bonds is 6. The van der Waals surface area contributed by atoms with Gasteiger partial charge in [-0.25, -0.2) is 4.98 Å². The van der Waals surface area contributed by atoms with Crippen molar-refractivity contribution in [2.75, 3.05) is 10.6 Å². The molecule has 1 aromatic heterocycles. The fourth-order valence-corrected chi connectivity index (χ4v) is 3.82. The van der Waals surface area contributed by atoms with Crippen LogP contribution in [0.3, 0.4) is 0 Å². The highest BCUT2D eigenvalue weighted by molar-refractivity contribution is 7.15. The molecule has 2 aromatic carbocycles. The number of hydrogen-bond acceptors (Lipinski definition) is 4. The van der Waals surface area contributed by atoms with Crippen LogP contribution in [0.1, 0.15) is 22.9 Å². The molecule has 3 aromatic rings. The lowest BCUT2D eigenvalue weighted by atomic mass is 10.1. The van der Waals surface area contributed by atoms with Crippen molar-refractivity contribution in [3.63, 3.8) is 0 Å². The first-order valence-electron chi connectivity index (χ1n) is 8.44. The number of carbonyl (C=O) groups is 2. The van der Waals surface area contributed by atoms with E-state index < -0.39 is 0 Å². The van der Waals surface area contributed by atoms with Gasteiger partial charge in [0.05, 0.1) is 16.5 Å². The van der Waals surface area contributed by atoms with Gasteiger partial charge in [-0.15, -0.1) is 11.3 Å². The molecule has 2 amide bonds. The molecule has 28 heavy (non-hydrogen) atoms. The van der Waals surface area contributed by atoms with E-state index in [2.05, 4.69) is 15.6 Å². The number of nitrogens with one attached hydrogen (secondary N) is 2. The highest BCUT2D eigenvalue weighted by Gasteiger charge is 2.11. The number of carbonyl (C=O) groups excluding carboxylic acids is 2. The smallest absolute Gasteiger partial charge is 0.230 e. The van der Waals surface area contributed by atoms with Gasteiger partial charge in [-0.1, -0.05) is 47.5 Å². The van der Waals surface area contributed by atoms with E-state index in [4.69, 9.17) is 23.2 Å². The summed E-state index contributed by atoms with van der Waals surface area (Å²) in [4.78, 5) is 28.5. The van der Waals surface area contributed by atoms with Crippen molar-refractivity contribution in [1.82, 2.24) is 4.98 Å². The van der Waals surface area contributed by atoms with E-state index in [-0.39, 0.29) is 18.2 Å². The van der Waals surface area contributed by atoms with Crippen LogP contribution in [-0.2, 0) is 22.4 Å². The Hall–Kier alpha value is -2.41. The van der Waals surface area contributed by atoms with Crippen LogP contribution >= 0.6 is 34.5 Å². The zero-order valence-corrected chi connectivity index (χ0v) is 17.3. The Kier molecular flexibility index (Phi) is 6.67. The first-order valence-corrected chi connectivity index (χ1v) is 10.0. The molecule has 2 N–H and O–H groups in total. The molecule has 3 rings (SSSR count). The Morgan fingerprint density at radius 2 is 1.82 bits per heavy atom. The second-order valence-electron chi connectivity index (χ2n) is 6.12. The van der Waals surface area contributed by atoms with Crippen LogP contribution in [0, 0.1) is 0 Å². The summed E-state index contributed by atoms with van der Waals surface area (Å²) in [6.45, 7) is 1.45. The van der Waals surface area contributed by atoms with Crippen LogP contribution in [0.15, 0.2) is 48.7 Å². The molecule has 0 aliphatic rings. The minimum absolute atomic E-state index is 0.135. The van der Waals surface area contributed by atoms with Crippen molar-refractivity contribution in [3.8, 4) is 0 Å². The number of nitrogens with zero attached hydrogens (tertiary/aromatic N) is 1. The van der Waals surface area contributed by atoms with Gasteiger partial charge < -0.3 is 10.6 Å². The molecular weight excluding hydrogens is 417 g/mol. The Labute approximate surface area is 176 Å². The molecule has 8 heteroatoms. The van der Waals surface area contributed by atoms with E-state index in [1.54, 1.807) is 36.5 Å². The van der Waals surface area contributed by atoms with Gasteiger partial charge in [0.15, 0.2) is 5.13 Å². The molecule has 0 fully saturated rings. The lowest BCUT2D eigenvalue weighted by molar-refractivity contribution is -0.116. The quantitative estimate of drug-likeness (QED) is 0.562. The maximum Gasteiger partial charge on any atom is 0.230 e. The monoisotopic (exact) mass is 433 g/mol. The number of anilines is 2. The number of aromatic nitrogens is 1. The second kappa shape index (κ2) is 9.19. The summed E-state index contributed by atoms with van der Waals surface area (Å²) in [5.41, 5.74) is 2.45. The van der Waals surface area contributed by atoms with Crippen LogP contribution < -0.4 is 10.6 Å². The van der Waals surface area contributed by atoms with Crippen molar-refractivity contribution >= 4 is 57.2 Å². The van der Waals surface area contributed by atoms with Crippen LogP contribution in [0.25, 0.3) is 0 Å². The third-order valence-corrected chi connectivity index (χ3v) is 5.61. The van der Waals surface area contributed by atoms with E-state index in [1.807, 2.05) is 12.1 Å². The predicted octanol–water partition coefficient (Wildman–Crippen LogP) is 5.18. The minimum Gasteiger partial charge on any atom is -0.326 e. The van der Waals surface area contributed by atoms with Crippen molar-refractivity contribution in [2.24, 2.45) is 0 Å². The molecule has 0 saturated carbocycles. The van der Waals surface area contributed by atoms with E-state index >= 15 is 0 Å². The van der Waals surface area contributed by atoms with Gasteiger partial charge in [0.2, 0.25) is 11.8 Å². The molecule has 0 unspecified atom stereocenters. The van der Waals surface area contributed by atoms with Gasteiger partial charge in [-0.05, 0) is 29.3 Å². The van der Waals surface area contributed by atoms with Crippen molar-refractivity contribution in [1.29, 1.82) is 0 Å². The van der Waals surface area contributed by atoms with E-state index in [0.29, 0.717) is 27.3 Å². The summed E-state index contributed by atoms with van der Waals surface area (Å²) in [6, 6.07) is 12.6. The Morgan fingerprint density at radius 3 is 2.54 bits per heavy atom. The maximum absolute atomic E-state index is 12.3. The lowest BCUT2D eigenvalue weighted by Crippen LogP contribution is -2.14. The standard InChI is InChI=1S/C20H17Cl2N3O2S/c1-12(26)24-15-7-5-13(6-8-15)9-18(27)25-20-23-11-16(28-20)10-14-3-2-4-17(21)19(14)22/h2-8,11H,9-10H2,1H3,(H,24,26)(H,23,25,27). The van der Waals surface area contributed by atoms with Crippen molar-refractivity contribution in [2.45, 2.75) is 19.8 Å². The minimum atomic E-state index is -0.158. The van der Waals surface area contributed by atoms with Crippen molar-refractivity contribution < 1.29 is 9.59 Å². The first kappa shape index (κ1) is 20.3. The van der Waals surface area contributed by atoms with Gasteiger partial charge in [0.1, 0.15) is 0 Å². The van der Waals surface area contributed by atoms with Crippen molar-refractivity contribution in [3.05, 3.63) is 74.7 Å². The normalized spacial score (nSPS) is 10.5. The van der Waals surface area contributed by atoms with Crippen LogP contribution in [0.2, 0.25) is 10.0 Å². The summed E-state index contributed by atoms with van der Waals surface area (Å²) < 4.78 is 0. The van der Waals surface area contributed by atoms with E-state index in [9.17, 15) is 9.59 Å². The molecule has 0 aliphatic carbocycles. The van der Waals surface area contributed by atoms with Crippen LogP contribution in [-0.4, -0.2) is 16.8 Å². The van der Waals surface area contributed by atoms with E-state index in [1.165, 1.54) is 18.3 Å². The molecule has 0 saturated heterocycles. The predicted molar refractivity (Wildman–Crippen MR) is 114 cm³/mol. The number of hydrogen-bond donors (Lipinski definition) is 2. The van der Waals surface area contributed by atoms with Gasteiger partial charge in [-0.2, -0.15) is 0 Å². The number of benzene rings is 2. The third-order valence-electron chi connectivity index (χ3n) is 3.84. The molecular formula is C20H17Cl2N3O2S. The molecule has 0 spiro atoms. The zero-order valence-electron chi connectivity index (χ0n) is 15.0. The average Bonchev–Trinajstić information content (AvgIpc) is 3.07. The van der Waals surface area contributed by atoms with Crippen LogP contribution in [0.4, 0.5) is 10.8 Å². The number of amides is 2. The summed E-state index contributed by atoms with van der Waals surface area (Å²) in [5.74, 6) is -0.293. The van der Waals surface area contributed by atoms with Gasteiger partial charge >= 0.3 is 0 Å². The zero-order chi connectivity index (χ0) is 20.1. The molecule has 0 atom stereocenters. The molecule has 0 radical (unpaired) electrons. The highest BCUT2D eigenvalue weighted by atomic mass is 35.5. The van der Waals surface area contributed by atoms with Gasteiger partial charge in [-0.3, -0.25) is 9.59 Å². The Bertz CT molecular complexity index is 1000. The average molecular weight is 434 g/mol. The maximum atomic E-state index is 12.3. The molecule has 0 aliphatic heterocycles. The molecule has 144 valence electrons.